The Hall–Kier alpha value is -4.26. The second-order valence-corrected chi connectivity index (χ2v) is 11.3. The van der Waals surface area contributed by atoms with Crippen LogP contribution in [-0.4, -0.2) is 48.5 Å². The van der Waals surface area contributed by atoms with Crippen LogP contribution >= 0.6 is 0 Å². The standard InChI is InChI=1S/C33H36N2O5/c1-6-39-25-9-7-8-21(18-25)20-35-29(22-10-13-24(14-11-22)33(2,3)4)28(31(37)32(35)38)30(36)23-12-15-27-26(19-23)34(5)16-17-40-27/h7-15,18-19,29,36H,6,16-17,20H2,1-5H3/b30-28-. The Morgan fingerprint density at radius 1 is 1.05 bits per heavy atom. The molecule has 1 atom stereocenters. The molecule has 1 saturated heterocycles. The number of aliphatic hydroxyl groups is 1. The largest absolute Gasteiger partial charge is 0.507 e. The number of amides is 1. The van der Waals surface area contributed by atoms with Crippen LogP contribution in [0, 0.1) is 0 Å². The van der Waals surface area contributed by atoms with E-state index in [0.717, 1.165) is 22.4 Å². The van der Waals surface area contributed by atoms with Gasteiger partial charge in [-0.25, -0.2) is 0 Å². The van der Waals surface area contributed by atoms with Crippen LogP contribution in [0.15, 0.2) is 72.3 Å². The lowest BCUT2D eigenvalue weighted by molar-refractivity contribution is -0.140. The Morgan fingerprint density at radius 3 is 2.50 bits per heavy atom. The van der Waals surface area contributed by atoms with Crippen LogP contribution in [0.25, 0.3) is 5.76 Å². The van der Waals surface area contributed by atoms with Crippen molar-refractivity contribution in [2.75, 3.05) is 31.7 Å². The number of anilines is 1. The summed E-state index contributed by atoms with van der Waals surface area (Å²) in [6.07, 6.45) is 0. The number of likely N-dealkylation sites (tertiary alicyclic amines) is 1. The van der Waals surface area contributed by atoms with Crippen LogP contribution in [0.5, 0.6) is 11.5 Å². The maximum Gasteiger partial charge on any atom is 0.295 e. The molecule has 0 radical (unpaired) electrons. The van der Waals surface area contributed by atoms with Crippen LogP contribution in [0.3, 0.4) is 0 Å². The average Bonchev–Trinajstić information content (AvgIpc) is 3.17. The highest BCUT2D eigenvalue weighted by molar-refractivity contribution is 6.46. The van der Waals surface area contributed by atoms with Crippen molar-refractivity contribution in [3.05, 3.63) is 94.6 Å². The zero-order valence-electron chi connectivity index (χ0n) is 23.7. The fourth-order valence-electron chi connectivity index (χ4n) is 5.31. The Kier molecular flexibility index (Phi) is 7.32. The van der Waals surface area contributed by atoms with Gasteiger partial charge in [-0.3, -0.25) is 9.59 Å². The minimum atomic E-state index is -0.755. The van der Waals surface area contributed by atoms with E-state index in [1.54, 1.807) is 17.0 Å². The lowest BCUT2D eigenvalue weighted by Crippen LogP contribution is -2.29. The van der Waals surface area contributed by atoms with Crippen molar-refractivity contribution in [1.29, 1.82) is 0 Å². The Labute approximate surface area is 235 Å². The highest BCUT2D eigenvalue weighted by Gasteiger charge is 2.46. The molecule has 7 heteroatoms. The number of rotatable bonds is 6. The molecule has 7 nitrogen and oxygen atoms in total. The average molecular weight is 541 g/mol. The van der Waals surface area contributed by atoms with Gasteiger partial charge < -0.3 is 24.4 Å². The normalized spacial score (nSPS) is 18.5. The molecule has 5 rings (SSSR count). The zero-order chi connectivity index (χ0) is 28.6. The number of Topliss-reactive ketones (excluding diaryl/α,β-unsaturated/α-hetero) is 1. The first-order valence-corrected chi connectivity index (χ1v) is 13.7. The molecule has 3 aromatic rings. The van der Waals surface area contributed by atoms with Crippen molar-refractivity contribution in [1.82, 2.24) is 4.90 Å². The summed E-state index contributed by atoms with van der Waals surface area (Å²) >= 11 is 0. The molecule has 0 bridgehead atoms. The number of ketones is 1. The third-order valence-electron chi connectivity index (χ3n) is 7.52. The van der Waals surface area contributed by atoms with E-state index >= 15 is 0 Å². The third-order valence-corrected chi connectivity index (χ3v) is 7.52. The maximum absolute atomic E-state index is 13.6. The topological polar surface area (TPSA) is 79.3 Å². The predicted octanol–water partition coefficient (Wildman–Crippen LogP) is 5.83. The van der Waals surface area contributed by atoms with E-state index in [2.05, 4.69) is 20.8 Å². The van der Waals surface area contributed by atoms with Gasteiger partial charge in [0.1, 0.15) is 23.9 Å². The van der Waals surface area contributed by atoms with E-state index in [1.807, 2.05) is 73.5 Å². The van der Waals surface area contributed by atoms with Crippen molar-refractivity contribution in [2.24, 2.45) is 0 Å². The summed E-state index contributed by atoms with van der Waals surface area (Å²) in [6.45, 7) is 10.3. The van der Waals surface area contributed by atoms with Crippen LogP contribution < -0.4 is 14.4 Å². The summed E-state index contributed by atoms with van der Waals surface area (Å²) in [5.41, 5.74) is 4.03. The predicted molar refractivity (Wildman–Crippen MR) is 156 cm³/mol. The molecule has 1 amide bonds. The first-order valence-electron chi connectivity index (χ1n) is 13.7. The third kappa shape index (κ3) is 5.16. The number of hydrogen-bond donors (Lipinski definition) is 1. The SMILES string of the molecule is CCOc1cccc(CN2C(=O)C(=O)/C(=C(\O)c3ccc4c(c3)N(C)CCO4)C2c2ccc(C(C)(C)C)cc2)c1. The second-order valence-electron chi connectivity index (χ2n) is 11.3. The number of nitrogens with zero attached hydrogens (tertiary/aromatic N) is 2. The maximum atomic E-state index is 13.6. The fourth-order valence-corrected chi connectivity index (χ4v) is 5.31. The lowest BCUT2D eigenvalue weighted by Gasteiger charge is -2.28. The molecule has 2 aliphatic rings. The monoisotopic (exact) mass is 540 g/mol. The van der Waals surface area contributed by atoms with E-state index in [-0.39, 0.29) is 23.3 Å². The van der Waals surface area contributed by atoms with Gasteiger partial charge in [0.05, 0.1) is 30.5 Å². The van der Waals surface area contributed by atoms with Gasteiger partial charge >= 0.3 is 0 Å². The smallest absolute Gasteiger partial charge is 0.295 e. The molecule has 40 heavy (non-hydrogen) atoms. The van der Waals surface area contributed by atoms with E-state index in [4.69, 9.17) is 9.47 Å². The highest BCUT2D eigenvalue weighted by atomic mass is 16.5. The molecule has 0 spiro atoms. The summed E-state index contributed by atoms with van der Waals surface area (Å²) in [5.74, 6) is -0.134. The number of carbonyl (C=O) groups excluding carboxylic acids is 2. The molecule has 0 aromatic heterocycles. The first kappa shape index (κ1) is 27.3. The number of fused-ring (bicyclic) bond motifs is 1. The van der Waals surface area contributed by atoms with E-state index in [0.29, 0.717) is 36.8 Å². The zero-order valence-corrected chi connectivity index (χ0v) is 23.7. The molecule has 0 saturated carbocycles. The Bertz CT molecular complexity index is 1470. The van der Waals surface area contributed by atoms with E-state index in [1.165, 1.54) is 0 Å². The number of aliphatic hydroxyl groups excluding tert-OH is 1. The minimum absolute atomic E-state index is 0.0582. The molecule has 1 N–H and O–H groups in total. The summed E-state index contributed by atoms with van der Waals surface area (Å²) in [5, 5.41) is 11.6. The summed E-state index contributed by atoms with van der Waals surface area (Å²) in [4.78, 5) is 30.7. The lowest BCUT2D eigenvalue weighted by atomic mass is 9.85. The van der Waals surface area contributed by atoms with Crippen LogP contribution in [0.2, 0.25) is 0 Å². The van der Waals surface area contributed by atoms with Crippen molar-refractivity contribution in [3.8, 4) is 11.5 Å². The molecule has 1 unspecified atom stereocenters. The molecule has 3 aromatic carbocycles. The number of likely N-dealkylation sites (N-methyl/N-ethyl adjacent to an activating group) is 1. The molecule has 2 heterocycles. The van der Waals surface area contributed by atoms with Crippen LogP contribution in [0.4, 0.5) is 5.69 Å². The summed E-state index contributed by atoms with van der Waals surface area (Å²) in [7, 11) is 1.96. The number of carbonyl (C=O) groups is 2. The summed E-state index contributed by atoms with van der Waals surface area (Å²) in [6, 6.07) is 20.0. The fraction of sp³-hybridized carbons (Fsp3) is 0.333. The Balaban J connectivity index is 1.62. The van der Waals surface area contributed by atoms with Crippen molar-refractivity contribution >= 4 is 23.1 Å². The van der Waals surface area contributed by atoms with Gasteiger partial charge in [0.2, 0.25) is 0 Å². The number of ether oxygens (including phenoxy) is 2. The van der Waals surface area contributed by atoms with Gasteiger partial charge in [-0.1, -0.05) is 57.2 Å². The van der Waals surface area contributed by atoms with Gasteiger partial charge in [0.15, 0.2) is 0 Å². The molecule has 1 fully saturated rings. The quantitative estimate of drug-likeness (QED) is 0.241. The van der Waals surface area contributed by atoms with Gasteiger partial charge in [-0.05, 0) is 59.4 Å². The summed E-state index contributed by atoms with van der Waals surface area (Å²) < 4.78 is 11.4. The molecular weight excluding hydrogens is 504 g/mol. The highest BCUT2D eigenvalue weighted by Crippen LogP contribution is 2.42. The van der Waals surface area contributed by atoms with E-state index in [9.17, 15) is 14.7 Å². The molecule has 0 aliphatic carbocycles. The number of benzene rings is 3. The molecule has 2 aliphatic heterocycles. The first-order chi connectivity index (χ1) is 19.1. The van der Waals surface area contributed by atoms with E-state index < -0.39 is 17.7 Å². The van der Waals surface area contributed by atoms with Crippen molar-refractivity contribution < 1.29 is 24.2 Å². The van der Waals surface area contributed by atoms with Gasteiger partial charge in [-0.15, -0.1) is 0 Å². The minimum Gasteiger partial charge on any atom is -0.507 e. The molecular formula is C33H36N2O5. The number of hydrogen-bond acceptors (Lipinski definition) is 6. The van der Waals surface area contributed by atoms with Crippen LogP contribution in [0.1, 0.15) is 56.0 Å². The second kappa shape index (κ2) is 10.7. The van der Waals surface area contributed by atoms with Gasteiger partial charge in [0, 0.05) is 19.2 Å². The van der Waals surface area contributed by atoms with Crippen molar-refractivity contribution in [2.45, 2.75) is 45.7 Å². The van der Waals surface area contributed by atoms with Gasteiger partial charge in [0.25, 0.3) is 11.7 Å². The van der Waals surface area contributed by atoms with Gasteiger partial charge in [-0.2, -0.15) is 0 Å². The van der Waals surface area contributed by atoms with Crippen LogP contribution in [-0.2, 0) is 21.5 Å². The Morgan fingerprint density at radius 2 is 1.80 bits per heavy atom. The molecule has 208 valence electrons. The van der Waals surface area contributed by atoms with Crippen molar-refractivity contribution in [3.63, 3.8) is 0 Å².